The Hall–Kier alpha value is -2.92. The molecule has 0 aliphatic heterocycles. The van der Waals surface area contributed by atoms with Gasteiger partial charge in [-0.15, -0.1) is 0 Å². The first-order valence-electron chi connectivity index (χ1n) is 7.55. The van der Waals surface area contributed by atoms with Crippen LogP contribution >= 0.6 is 0 Å². The number of nitriles is 1. The molecule has 0 N–H and O–H groups in total. The lowest BCUT2D eigenvalue weighted by Gasteiger charge is -2.16. The van der Waals surface area contributed by atoms with Crippen LogP contribution in [-0.4, -0.2) is 4.98 Å². The Bertz CT molecular complexity index is 816. The highest BCUT2D eigenvalue weighted by Crippen LogP contribution is 2.34. The van der Waals surface area contributed by atoms with E-state index in [9.17, 15) is 0 Å². The van der Waals surface area contributed by atoms with E-state index < -0.39 is 0 Å². The quantitative estimate of drug-likeness (QED) is 0.702. The van der Waals surface area contributed by atoms with Crippen molar-refractivity contribution < 1.29 is 0 Å². The molecule has 2 heteroatoms. The third kappa shape index (κ3) is 3.46. The number of allylic oxidation sites excluding steroid dienone is 5. The minimum absolute atomic E-state index is 0.425. The molecule has 0 bridgehead atoms. The van der Waals surface area contributed by atoms with Crippen LogP contribution in [0, 0.1) is 18.3 Å². The van der Waals surface area contributed by atoms with Crippen LogP contribution in [0.4, 0.5) is 0 Å². The molecule has 0 saturated carbocycles. The van der Waals surface area contributed by atoms with E-state index in [2.05, 4.69) is 49.7 Å². The number of hydrogen-bond donors (Lipinski definition) is 0. The highest BCUT2D eigenvalue weighted by atomic mass is 14.7. The minimum atomic E-state index is 0.425. The Morgan fingerprint density at radius 2 is 2.04 bits per heavy atom. The summed E-state index contributed by atoms with van der Waals surface area (Å²) >= 11 is 0. The van der Waals surface area contributed by atoms with E-state index in [1.807, 2.05) is 31.2 Å². The summed E-state index contributed by atoms with van der Waals surface area (Å²) in [6.07, 6.45) is 7.78. The second kappa shape index (κ2) is 7.38. The summed E-state index contributed by atoms with van der Waals surface area (Å²) in [6, 6.07) is 12.0. The molecule has 0 spiro atoms. The number of aryl methyl sites for hydroxylation is 1. The summed E-state index contributed by atoms with van der Waals surface area (Å²) in [4.78, 5) is 4.20. The molecule has 0 radical (unpaired) electrons. The lowest BCUT2D eigenvalue weighted by atomic mass is 9.89. The summed E-state index contributed by atoms with van der Waals surface area (Å²) in [5, 5.41) is 8.92. The monoisotopic (exact) mass is 300 g/mol. The van der Waals surface area contributed by atoms with Crippen molar-refractivity contribution in [2.45, 2.75) is 20.8 Å². The number of rotatable bonds is 4. The zero-order valence-corrected chi connectivity index (χ0v) is 13.8. The van der Waals surface area contributed by atoms with Gasteiger partial charge in [-0.05, 0) is 60.7 Å². The molecular weight excluding hydrogens is 280 g/mol. The highest BCUT2D eigenvalue weighted by molar-refractivity contribution is 5.89. The summed E-state index contributed by atoms with van der Waals surface area (Å²) < 4.78 is 0. The molecule has 1 heterocycles. The fourth-order valence-corrected chi connectivity index (χ4v) is 2.57. The summed E-state index contributed by atoms with van der Waals surface area (Å²) in [6.45, 7) is 10.1. The van der Waals surface area contributed by atoms with Gasteiger partial charge in [0.05, 0.1) is 0 Å². The molecule has 1 aromatic carbocycles. The molecule has 0 aliphatic carbocycles. The van der Waals surface area contributed by atoms with E-state index in [4.69, 9.17) is 5.26 Å². The van der Waals surface area contributed by atoms with Crippen molar-refractivity contribution in [3.8, 4) is 17.2 Å². The Labute approximate surface area is 138 Å². The van der Waals surface area contributed by atoms with Gasteiger partial charge in [-0.2, -0.15) is 5.26 Å². The molecule has 2 nitrogen and oxygen atoms in total. The van der Waals surface area contributed by atoms with Crippen molar-refractivity contribution in [3.63, 3.8) is 0 Å². The molecule has 0 atom stereocenters. The molecule has 2 aromatic rings. The van der Waals surface area contributed by atoms with E-state index >= 15 is 0 Å². The minimum Gasteiger partial charge on any atom is -0.245 e. The van der Waals surface area contributed by atoms with Crippen molar-refractivity contribution in [1.29, 1.82) is 5.26 Å². The number of nitrogens with zero attached hydrogens (tertiary/aromatic N) is 2. The number of aromatic nitrogens is 1. The van der Waals surface area contributed by atoms with Gasteiger partial charge in [0.1, 0.15) is 11.8 Å². The standard InChI is InChI=1S/C21H20N2/c1-5-8-19(15(3)6-2)21-16(4)9-7-10-20(21)17-11-12-18(13-22)23-14-17/h5-12,14H,2H2,1,3-4H3/b8-5-,19-15+. The van der Waals surface area contributed by atoms with E-state index in [0.717, 1.165) is 22.3 Å². The largest absolute Gasteiger partial charge is 0.245 e. The first-order valence-corrected chi connectivity index (χ1v) is 7.55. The number of benzene rings is 1. The second-order valence-corrected chi connectivity index (χ2v) is 5.34. The molecule has 23 heavy (non-hydrogen) atoms. The molecule has 1 aromatic heterocycles. The number of hydrogen-bond acceptors (Lipinski definition) is 2. The third-order valence-corrected chi connectivity index (χ3v) is 3.80. The van der Waals surface area contributed by atoms with Gasteiger partial charge < -0.3 is 0 Å². The van der Waals surface area contributed by atoms with E-state index in [1.165, 1.54) is 11.1 Å². The fraction of sp³-hybridized carbons (Fsp3) is 0.143. The van der Waals surface area contributed by atoms with Crippen LogP contribution in [0.3, 0.4) is 0 Å². The maximum absolute atomic E-state index is 8.92. The van der Waals surface area contributed by atoms with Crippen LogP contribution in [-0.2, 0) is 0 Å². The molecular formula is C21H20N2. The third-order valence-electron chi connectivity index (χ3n) is 3.80. The van der Waals surface area contributed by atoms with Gasteiger partial charge in [-0.1, -0.05) is 43.0 Å². The number of pyridine rings is 1. The summed E-state index contributed by atoms with van der Waals surface area (Å²) in [5.74, 6) is 0. The first-order chi connectivity index (χ1) is 11.1. The van der Waals surface area contributed by atoms with Crippen molar-refractivity contribution >= 4 is 5.57 Å². The molecule has 0 aliphatic rings. The second-order valence-electron chi connectivity index (χ2n) is 5.34. The Balaban J connectivity index is 2.74. The average molecular weight is 300 g/mol. The van der Waals surface area contributed by atoms with E-state index in [-0.39, 0.29) is 0 Å². The highest BCUT2D eigenvalue weighted by Gasteiger charge is 2.12. The van der Waals surface area contributed by atoms with Crippen molar-refractivity contribution in [1.82, 2.24) is 4.98 Å². The molecule has 0 fully saturated rings. The van der Waals surface area contributed by atoms with Gasteiger partial charge in [0.15, 0.2) is 0 Å². The maximum atomic E-state index is 8.92. The predicted octanol–water partition coefficient (Wildman–Crippen LogP) is 5.46. The maximum Gasteiger partial charge on any atom is 0.140 e. The normalized spacial score (nSPS) is 11.9. The lowest BCUT2D eigenvalue weighted by molar-refractivity contribution is 1.26. The average Bonchev–Trinajstić information content (AvgIpc) is 2.59. The van der Waals surface area contributed by atoms with Crippen LogP contribution in [0.5, 0.6) is 0 Å². The van der Waals surface area contributed by atoms with Gasteiger partial charge in [-0.3, -0.25) is 0 Å². The van der Waals surface area contributed by atoms with Crippen molar-refractivity contribution in [2.24, 2.45) is 0 Å². The Morgan fingerprint density at radius 1 is 1.26 bits per heavy atom. The van der Waals surface area contributed by atoms with Crippen LogP contribution in [0.2, 0.25) is 0 Å². The van der Waals surface area contributed by atoms with Crippen molar-refractivity contribution in [2.75, 3.05) is 0 Å². The van der Waals surface area contributed by atoms with Gasteiger partial charge >= 0.3 is 0 Å². The molecule has 0 amide bonds. The Morgan fingerprint density at radius 3 is 2.61 bits per heavy atom. The van der Waals surface area contributed by atoms with Gasteiger partial charge in [0, 0.05) is 11.8 Å². The molecule has 0 unspecified atom stereocenters. The molecule has 2 rings (SSSR count). The lowest BCUT2D eigenvalue weighted by Crippen LogP contribution is -1.95. The molecule has 114 valence electrons. The zero-order chi connectivity index (χ0) is 16.8. The Kier molecular flexibility index (Phi) is 5.28. The fourth-order valence-electron chi connectivity index (χ4n) is 2.57. The smallest absolute Gasteiger partial charge is 0.140 e. The SMILES string of the molecule is C=C/C(C)=C(\C=C/C)c1c(C)cccc1-c1ccc(C#N)nc1. The van der Waals surface area contributed by atoms with Crippen LogP contribution in [0.1, 0.15) is 30.7 Å². The van der Waals surface area contributed by atoms with Gasteiger partial charge in [0.25, 0.3) is 0 Å². The topological polar surface area (TPSA) is 36.7 Å². The predicted molar refractivity (Wildman–Crippen MR) is 96.7 cm³/mol. The van der Waals surface area contributed by atoms with Crippen molar-refractivity contribution in [3.05, 3.63) is 83.7 Å². The van der Waals surface area contributed by atoms with Crippen LogP contribution in [0.25, 0.3) is 16.7 Å². The van der Waals surface area contributed by atoms with E-state index in [0.29, 0.717) is 5.69 Å². The zero-order valence-electron chi connectivity index (χ0n) is 13.8. The summed E-state index contributed by atoms with van der Waals surface area (Å²) in [7, 11) is 0. The molecule has 0 saturated heterocycles. The first kappa shape index (κ1) is 16.5. The summed E-state index contributed by atoms with van der Waals surface area (Å²) in [5.41, 5.74) is 7.18. The van der Waals surface area contributed by atoms with Crippen LogP contribution in [0.15, 0.2) is 66.9 Å². The van der Waals surface area contributed by atoms with Crippen LogP contribution < -0.4 is 0 Å². The van der Waals surface area contributed by atoms with E-state index in [1.54, 1.807) is 12.3 Å². The van der Waals surface area contributed by atoms with Gasteiger partial charge in [0.2, 0.25) is 0 Å². The van der Waals surface area contributed by atoms with Gasteiger partial charge in [-0.25, -0.2) is 4.98 Å².